The molecular formula is C17H21NO3. The van der Waals surface area contributed by atoms with Crippen molar-refractivity contribution in [2.45, 2.75) is 38.5 Å². The van der Waals surface area contributed by atoms with Crippen LogP contribution < -0.4 is 0 Å². The van der Waals surface area contributed by atoms with Crippen molar-refractivity contribution in [2.75, 3.05) is 6.54 Å². The molecule has 2 rings (SSSR count). The number of carbonyl (C=O) groups is 2. The van der Waals surface area contributed by atoms with E-state index < -0.39 is 6.04 Å². The molecule has 1 fully saturated rings. The molecule has 0 aliphatic carbocycles. The summed E-state index contributed by atoms with van der Waals surface area (Å²) in [7, 11) is 0. The maximum Gasteiger partial charge on any atom is 0.246 e. The molecule has 0 N–H and O–H groups in total. The number of benzene rings is 1. The number of amides is 1. The summed E-state index contributed by atoms with van der Waals surface area (Å²) in [5.74, 6) is -0.216. The number of likely N-dealkylation sites (tertiary alicyclic amines) is 1. The zero-order valence-corrected chi connectivity index (χ0v) is 12.3. The Labute approximate surface area is 125 Å². The fourth-order valence-electron chi connectivity index (χ4n) is 2.60. The highest BCUT2D eigenvalue weighted by Crippen LogP contribution is 2.21. The lowest BCUT2D eigenvalue weighted by molar-refractivity contribution is -0.130. The molecule has 112 valence electrons. The lowest BCUT2D eigenvalue weighted by Gasteiger charge is -2.18. The van der Waals surface area contributed by atoms with Crippen LogP contribution in [-0.4, -0.2) is 35.8 Å². The normalized spacial score (nSPS) is 21.3. The molecule has 4 heteroatoms. The van der Waals surface area contributed by atoms with Gasteiger partial charge in [0.2, 0.25) is 5.91 Å². The zero-order chi connectivity index (χ0) is 15.2. The van der Waals surface area contributed by atoms with Crippen molar-refractivity contribution in [1.29, 1.82) is 0 Å². The first kappa shape index (κ1) is 15.4. The third-order valence-electron chi connectivity index (χ3n) is 3.81. The maximum absolute atomic E-state index is 11.7. The van der Waals surface area contributed by atoms with Gasteiger partial charge in [0.25, 0.3) is 0 Å². The molecule has 1 heterocycles. The van der Waals surface area contributed by atoms with Crippen LogP contribution in [0.4, 0.5) is 0 Å². The summed E-state index contributed by atoms with van der Waals surface area (Å²) in [6, 6.07) is 7.86. The largest absolute Gasteiger partial charge is 0.372 e. The second kappa shape index (κ2) is 7.18. The molecule has 0 unspecified atom stereocenters. The Morgan fingerprint density at radius 2 is 2.24 bits per heavy atom. The highest BCUT2D eigenvalue weighted by Gasteiger charge is 2.34. The quantitative estimate of drug-likeness (QED) is 0.595. The zero-order valence-electron chi connectivity index (χ0n) is 12.3. The van der Waals surface area contributed by atoms with E-state index in [1.165, 1.54) is 16.5 Å². The van der Waals surface area contributed by atoms with Crippen LogP contribution in [0.5, 0.6) is 0 Å². The average Bonchev–Trinajstić information content (AvgIpc) is 2.95. The van der Waals surface area contributed by atoms with Gasteiger partial charge in [-0.1, -0.05) is 37.8 Å². The molecule has 2 atom stereocenters. The Kier molecular flexibility index (Phi) is 5.28. The number of aryl methyl sites for hydroxylation is 1. The lowest BCUT2D eigenvalue weighted by Crippen LogP contribution is -2.35. The van der Waals surface area contributed by atoms with E-state index in [-0.39, 0.29) is 12.0 Å². The summed E-state index contributed by atoms with van der Waals surface area (Å²) in [6.45, 7) is 6.53. The molecule has 4 nitrogen and oxygen atoms in total. The summed E-state index contributed by atoms with van der Waals surface area (Å²) >= 11 is 0. The molecule has 0 saturated carbocycles. The van der Waals surface area contributed by atoms with E-state index in [0.29, 0.717) is 19.6 Å². The number of rotatable bonds is 6. The number of nitrogens with zero attached hydrogens (tertiary/aromatic N) is 1. The van der Waals surface area contributed by atoms with Crippen molar-refractivity contribution in [3.63, 3.8) is 0 Å². The van der Waals surface area contributed by atoms with Crippen LogP contribution >= 0.6 is 0 Å². The molecule has 21 heavy (non-hydrogen) atoms. The minimum atomic E-state index is -0.400. The Balaban J connectivity index is 1.93. The Morgan fingerprint density at radius 1 is 1.48 bits per heavy atom. The Hall–Kier alpha value is -1.94. The smallest absolute Gasteiger partial charge is 0.246 e. The molecule has 0 radical (unpaired) electrons. The second-order valence-corrected chi connectivity index (χ2v) is 5.24. The van der Waals surface area contributed by atoms with Gasteiger partial charge < -0.3 is 14.4 Å². The van der Waals surface area contributed by atoms with Gasteiger partial charge in [0, 0.05) is 13.0 Å². The molecule has 0 spiro atoms. The molecule has 1 aromatic carbocycles. The average molecular weight is 287 g/mol. The van der Waals surface area contributed by atoms with Crippen LogP contribution in [0.1, 0.15) is 24.5 Å². The maximum atomic E-state index is 11.7. The molecule has 1 saturated heterocycles. The van der Waals surface area contributed by atoms with Crippen LogP contribution in [0.2, 0.25) is 0 Å². The topological polar surface area (TPSA) is 46.6 Å². The molecular weight excluding hydrogens is 266 g/mol. The number of aldehydes is 1. The van der Waals surface area contributed by atoms with Crippen LogP contribution in [0, 0.1) is 0 Å². The van der Waals surface area contributed by atoms with Crippen LogP contribution in [0.25, 0.3) is 0 Å². The number of ether oxygens (including phenoxy) is 1. The van der Waals surface area contributed by atoms with Crippen molar-refractivity contribution in [2.24, 2.45) is 0 Å². The van der Waals surface area contributed by atoms with Gasteiger partial charge in [0.1, 0.15) is 6.29 Å². The molecule has 0 bridgehead atoms. The van der Waals surface area contributed by atoms with Crippen molar-refractivity contribution >= 4 is 12.2 Å². The van der Waals surface area contributed by atoms with Gasteiger partial charge in [-0.25, -0.2) is 0 Å². The van der Waals surface area contributed by atoms with E-state index in [1.807, 2.05) is 12.1 Å². The van der Waals surface area contributed by atoms with Crippen molar-refractivity contribution < 1.29 is 14.3 Å². The number of hydrogen-bond donors (Lipinski definition) is 0. The van der Waals surface area contributed by atoms with E-state index in [0.717, 1.165) is 18.3 Å². The highest BCUT2D eigenvalue weighted by molar-refractivity contribution is 5.89. The van der Waals surface area contributed by atoms with Gasteiger partial charge in [0.05, 0.1) is 18.8 Å². The first-order valence-electron chi connectivity index (χ1n) is 7.25. The summed E-state index contributed by atoms with van der Waals surface area (Å²) in [5, 5.41) is 0. The minimum Gasteiger partial charge on any atom is -0.372 e. The van der Waals surface area contributed by atoms with Gasteiger partial charge in [-0.3, -0.25) is 4.79 Å². The Bertz CT molecular complexity index is 527. The van der Waals surface area contributed by atoms with E-state index in [1.54, 1.807) is 0 Å². The van der Waals surface area contributed by atoms with E-state index >= 15 is 0 Å². The molecule has 1 amide bonds. The summed E-state index contributed by atoms with van der Waals surface area (Å²) in [4.78, 5) is 24.3. The summed E-state index contributed by atoms with van der Waals surface area (Å²) in [6.07, 6.45) is 3.49. The molecule has 1 aliphatic heterocycles. The molecule has 1 aliphatic rings. The third kappa shape index (κ3) is 3.79. The highest BCUT2D eigenvalue weighted by atomic mass is 16.5. The van der Waals surface area contributed by atoms with Crippen LogP contribution in [0.15, 0.2) is 36.9 Å². The number of hydrogen-bond acceptors (Lipinski definition) is 3. The van der Waals surface area contributed by atoms with Crippen molar-refractivity contribution in [3.8, 4) is 0 Å². The van der Waals surface area contributed by atoms with E-state index in [2.05, 4.69) is 25.6 Å². The van der Waals surface area contributed by atoms with Gasteiger partial charge in [0.15, 0.2) is 0 Å². The predicted octanol–water partition coefficient (Wildman–Crippen LogP) is 2.12. The SMILES string of the molecule is C=CC(=O)N1C[C@@H](OCc2cccc(CC)c2)C[C@H]1C=O. The first-order chi connectivity index (χ1) is 10.2. The van der Waals surface area contributed by atoms with Gasteiger partial charge in [-0.05, 0) is 23.6 Å². The van der Waals surface area contributed by atoms with Crippen molar-refractivity contribution in [3.05, 3.63) is 48.0 Å². The standard InChI is InChI=1S/C17H21NO3/c1-3-13-6-5-7-14(8-13)12-21-16-9-15(11-19)18(10-16)17(20)4-2/h4-8,11,15-16H,2-3,9-10,12H2,1H3/t15-,16-/m0/s1. The van der Waals surface area contributed by atoms with Gasteiger partial charge >= 0.3 is 0 Å². The van der Waals surface area contributed by atoms with E-state index in [4.69, 9.17) is 4.74 Å². The second-order valence-electron chi connectivity index (χ2n) is 5.24. The van der Waals surface area contributed by atoms with Crippen LogP contribution in [-0.2, 0) is 27.4 Å². The summed E-state index contributed by atoms with van der Waals surface area (Å²) < 4.78 is 5.86. The van der Waals surface area contributed by atoms with E-state index in [9.17, 15) is 9.59 Å². The Morgan fingerprint density at radius 3 is 2.90 bits per heavy atom. The fourth-order valence-corrected chi connectivity index (χ4v) is 2.60. The lowest BCUT2D eigenvalue weighted by atomic mass is 10.1. The van der Waals surface area contributed by atoms with Crippen molar-refractivity contribution in [1.82, 2.24) is 4.90 Å². The predicted molar refractivity (Wildman–Crippen MR) is 80.8 cm³/mol. The minimum absolute atomic E-state index is 0.102. The fraction of sp³-hybridized carbons (Fsp3) is 0.412. The van der Waals surface area contributed by atoms with Gasteiger partial charge in [-0.2, -0.15) is 0 Å². The first-order valence-corrected chi connectivity index (χ1v) is 7.25. The van der Waals surface area contributed by atoms with Crippen LogP contribution in [0.3, 0.4) is 0 Å². The van der Waals surface area contributed by atoms with Gasteiger partial charge in [-0.15, -0.1) is 0 Å². The monoisotopic (exact) mass is 287 g/mol. The summed E-state index contributed by atoms with van der Waals surface area (Å²) in [5.41, 5.74) is 2.39. The molecule has 0 aromatic heterocycles. The third-order valence-corrected chi connectivity index (χ3v) is 3.81. The number of carbonyl (C=O) groups excluding carboxylic acids is 2. The molecule has 1 aromatic rings.